The molecule has 1 aromatic rings. The minimum absolute atomic E-state index is 0.0663. The Morgan fingerprint density at radius 3 is 2.55 bits per heavy atom. The zero-order valence-corrected chi connectivity index (χ0v) is 12.5. The van der Waals surface area contributed by atoms with Crippen LogP contribution in [-0.4, -0.2) is 23.5 Å². The van der Waals surface area contributed by atoms with Gasteiger partial charge in [0.25, 0.3) is 0 Å². The first-order valence-electron chi connectivity index (χ1n) is 7.94. The summed E-state index contributed by atoms with van der Waals surface area (Å²) in [5.41, 5.74) is 0.884. The van der Waals surface area contributed by atoms with Gasteiger partial charge in [-0.15, -0.1) is 0 Å². The van der Waals surface area contributed by atoms with E-state index in [0.29, 0.717) is 6.04 Å². The largest absolute Gasteiger partial charge is 0.322 e. The van der Waals surface area contributed by atoms with Crippen LogP contribution in [0.15, 0.2) is 30.3 Å². The molecule has 1 aromatic carbocycles. The third-order valence-corrected chi connectivity index (χ3v) is 4.05. The highest BCUT2D eigenvalue weighted by atomic mass is 16.2. The van der Waals surface area contributed by atoms with Gasteiger partial charge < -0.3 is 10.2 Å². The average Bonchev–Trinajstić information content (AvgIpc) is 2.50. The number of urea groups is 1. The number of hydrogen-bond acceptors (Lipinski definition) is 1. The van der Waals surface area contributed by atoms with E-state index in [1.807, 2.05) is 30.3 Å². The highest BCUT2D eigenvalue weighted by Crippen LogP contribution is 2.23. The number of amides is 2. The van der Waals surface area contributed by atoms with E-state index >= 15 is 0 Å². The molecular formula is C17H26N2O. The van der Waals surface area contributed by atoms with E-state index in [1.54, 1.807) is 0 Å². The van der Waals surface area contributed by atoms with Crippen molar-refractivity contribution in [1.29, 1.82) is 0 Å². The predicted molar refractivity (Wildman–Crippen MR) is 83.9 cm³/mol. The van der Waals surface area contributed by atoms with E-state index in [4.69, 9.17) is 0 Å². The summed E-state index contributed by atoms with van der Waals surface area (Å²) in [6.45, 7) is 3.05. The molecule has 0 unspecified atom stereocenters. The molecule has 2 rings (SSSR count). The fraction of sp³-hybridized carbons (Fsp3) is 0.588. The van der Waals surface area contributed by atoms with E-state index in [2.05, 4.69) is 17.1 Å². The molecule has 3 heteroatoms. The van der Waals surface area contributed by atoms with Crippen molar-refractivity contribution in [3.8, 4) is 0 Å². The normalized spacial score (nSPS) is 15.8. The van der Waals surface area contributed by atoms with Crippen molar-refractivity contribution in [2.24, 2.45) is 0 Å². The SMILES string of the molecule is CCCCN(C(=O)Nc1ccccc1)C1CCCCC1. The first-order valence-corrected chi connectivity index (χ1v) is 7.94. The average molecular weight is 274 g/mol. The van der Waals surface area contributed by atoms with Crippen molar-refractivity contribution in [3.05, 3.63) is 30.3 Å². The van der Waals surface area contributed by atoms with Gasteiger partial charge in [-0.2, -0.15) is 0 Å². The summed E-state index contributed by atoms with van der Waals surface area (Å²) in [5.74, 6) is 0. The van der Waals surface area contributed by atoms with E-state index in [1.165, 1.54) is 19.3 Å². The molecule has 1 saturated carbocycles. The van der Waals surface area contributed by atoms with E-state index in [0.717, 1.165) is 37.9 Å². The zero-order valence-electron chi connectivity index (χ0n) is 12.5. The topological polar surface area (TPSA) is 32.3 Å². The number of unbranched alkanes of at least 4 members (excludes halogenated alkanes) is 1. The number of carbonyl (C=O) groups is 1. The number of benzene rings is 1. The number of carbonyl (C=O) groups excluding carboxylic acids is 1. The maximum absolute atomic E-state index is 12.5. The van der Waals surface area contributed by atoms with Gasteiger partial charge in [-0.3, -0.25) is 0 Å². The molecule has 20 heavy (non-hydrogen) atoms. The van der Waals surface area contributed by atoms with Crippen LogP contribution in [0.5, 0.6) is 0 Å². The second-order valence-electron chi connectivity index (χ2n) is 5.63. The lowest BCUT2D eigenvalue weighted by Gasteiger charge is -2.34. The molecule has 0 aromatic heterocycles. The monoisotopic (exact) mass is 274 g/mol. The molecule has 3 nitrogen and oxygen atoms in total. The summed E-state index contributed by atoms with van der Waals surface area (Å²) in [7, 11) is 0. The maximum atomic E-state index is 12.5. The summed E-state index contributed by atoms with van der Waals surface area (Å²) in [4.78, 5) is 14.6. The molecule has 0 aliphatic heterocycles. The number of rotatable bonds is 5. The van der Waals surface area contributed by atoms with E-state index in [9.17, 15) is 4.79 Å². The fourth-order valence-corrected chi connectivity index (χ4v) is 2.89. The van der Waals surface area contributed by atoms with Gasteiger partial charge in [0.05, 0.1) is 0 Å². The minimum atomic E-state index is 0.0663. The number of para-hydroxylation sites is 1. The van der Waals surface area contributed by atoms with Crippen LogP contribution in [0, 0.1) is 0 Å². The number of anilines is 1. The molecule has 1 N–H and O–H groups in total. The molecule has 0 heterocycles. The van der Waals surface area contributed by atoms with E-state index in [-0.39, 0.29) is 6.03 Å². The second-order valence-corrected chi connectivity index (χ2v) is 5.63. The summed E-state index contributed by atoms with van der Waals surface area (Å²) >= 11 is 0. The maximum Gasteiger partial charge on any atom is 0.322 e. The Morgan fingerprint density at radius 2 is 1.90 bits per heavy atom. The Kier molecular flexibility index (Phi) is 5.90. The number of nitrogens with one attached hydrogen (secondary N) is 1. The quantitative estimate of drug-likeness (QED) is 0.832. The smallest absolute Gasteiger partial charge is 0.322 e. The van der Waals surface area contributed by atoms with Crippen LogP contribution in [-0.2, 0) is 0 Å². The van der Waals surface area contributed by atoms with Gasteiger partial charge in [-0.25, -0.2) is 4.79 Å². The summed E-state index contributed by atoms with van der Waals surface area (Å²) < 4.78 is 0. The first-order chi connectivity index (χ1) is 9.81. The Labute approximate surface area is 122 Å². The molecule has 0 radical (unpaired) electrons. The molecule has 0 bridgehead atoms. The molecule has 1 aliphatic carbocycles. The molecule has 1 aliphatic rings. The third kappa shape index (κ3) is 4.26. The van der Waals surface area contributed by atoms with Gasteiger partial charge in [0.15, 0.2) is 0 Å². The lowest BCUT2D eigenvalue weighted by molar-refractivity contribution is 0.166. The molecule has 0 saturated heterocycles. The van der Waals surface area contributed by atoms with Crippen molar-refractivity contribution in [2.45, 2.75) is 57.9 Å². The number of hydrogen-bond donors (Lipinski definition) is 1. The molecule has 0 atom stereocenters. The van der Waals surface area contributed by atoms with Gasteiger partial charge in [0.1, 0.15) is 0 Å². The van der Waals surface area contributed by atoms with Crippen LogP contribution in [0.1, 0.15) is 51.9 Å². The second kappa shape index (κ2) is 7.93. The van der Waals surface area contributed by atoms with Gasteiger partial charge >= 0.3 is 6.03 Å². The predicted octanol–water partition coefficient (Wildman–Crippen LogP) is 4.65. The van der Waals surface area contributed by atoms with Crippen LogP contribution in [0.3, 0.4) is 0 Å². The van der Waals surface area contributed by atoms with Crippen LogP contribution in [0.4, 0.5) is 10.5 Å². The molecule has 110 valence electrons. The molecule has 0 spiro atoms. The standard InChI is InChI=1S/C17H26N2O/c1-2-3-14-19(16-12-8-5-9-13-16)17(20)18-15-10-6-4-7-11-15/h4,6-7,10-11,16H,2-3,5,8-9,12-14H2,1H3,(H,18,20). The van der Waals surface area contributed by atoms with Crippen molar-refractivity contribution >= 4 is 11.7 Å². The lowest BCUT2D eigenvalue weighted by Crippen LogP contribution is -2.44. The Balaban J connectivity index is 1.99. The van der Waals surface area contributed by atoms with Crippen molar-refractivity contribution < 1.29 is 4.79 Å². The van der Waals surface area contributed by atoms with Crippen molar-refractivity contribution in [1.82, 2.24) is 4.90 Å². The Bertz CT molecular complexity index is 399. The highest BCUT2D eigenvalue weighted by Gasteiger charge is 2.24. The van der Waals surface area contributed by atoms with Crippen molar-refractivity contribution in [3.63, 3.8) is 0 Å². The summed E-state index contributed by atoms with van der Waals surface area (Å²) in [6.07, 6.45) is 8.36. The first kappa shape index (κ1) is 14.9. The molecular weight excluding hydrogens is 248 g/mol. The minimum Gasteiger partial charge on any atom is -0.322 e. The number of nitrogens with zero attached hydrogens (tertiary/aromatic N) is 1. The van der Waals surface area contributed by atoms with Crippen LogP contribution >= 0.6 is 0 Å². The summed E-state index contributed by atoms with van der Waals surface area (Å²) in [5, 5.41) is 3.04. The van der Waals surface area contributed by atoms with Crippen LogP contribution in [0.25, 0.3) is 0 Å². The Morgan fingerprint density at radius 1 is 1.20 bits per heavy atom. The van der Waals surface area contributed by atoms with Crippen molar-refractivity contribution in [2.75, 3.05) is 11.9 Å². The third-order valence-electron chi connectivity index (χ3n) is 4.05. The van der Waals surface area contributed by atoms with Crippen LogP contribution < -0.4 is 5.32 Å². The van der Waals surface area contributed by atoms with Gasteiger partial charge in [0, 0.05) is 18.3 Å². The fourth-order valence-electron chi connectivity index (χ4n) is 2.89. The molecule has 2 amide bonds. The van der Waals surface area contributed by atoms with E-state index < -0.39 is 0 Å². The van der Waals surface area contributed by atoms with Crippen LogP contribution in [0.2, 0.25) is 0 Å². The zero-order chi connectivity index (χ0) is 14.2. The van der Waals surface area contributed by atoms with Gasteiger partial charge in [-0.1, -0.05) is 50.8 Å². The Hall–Kier alpha value is -1.51. The lowest BCUT2D eigenvalue weighted by atomic mass is 9.94. The van der Waals surface area contributed by atoms with Gasteiger partial charge in [0.2, 0.25) is 0 Å². The molecule has 1 fully saturated rings. The summed E-state index contributed by atoms with van der Waals surface area (Å²) in [6, 6.07) is 10.2. The highest BCUT2D eigenvalue weighted by molar-refractivity contribution is 5.89. The van der Waals surface area contributed by atoms with Gasteiger partial charge in [-0.05, 0) is 31.4 Å².